The fourth-order valence-electron chi connectivity index (χ4n) is 3.65. The molecule has 1 atom stereocenters. The molecule has 8 nitrogen and oxygen atoms in total. The fourth-order valence-corrected chi connectivity index (χ4v) is 3.65. The first kappa shape index (κ1) is 19.6. The molecule has 32 heavy (non-hydrogen) atoms. The highest BCUT2D eigenvalue weighted by Crippen LogP contribution is 2.36. The summed E-state index contributed by atoms with van der Waals surface area (Å²) in [7, 11) is 0. The van der Waals surface area contributed by atoms with Crippen LogP contribution < -0.4 is 10.6 Å². The molecule has 1 aliphatic rings. The average molecular weight is 427 g/mol. The Morgan fingerprint density at radius 2 is 1.81 bits per heavy atom. The van der Waals surface area contributed by atoms with Gasteiger partial charge < -0.3 is 10.6 Å². The highest BCUT2D eigenvalue weighted by atomic mass is 19.1. The van der Waals surface area contributed by atoms with Gasteiger partial charge in [0.15, 0.2) is 5.82 Å². The number of anilines is 2. The summed E-state index contributed by atoms with van der Waals surface area (Å²) >= 11 is 0. The van der Waals surface area contributed by atoms with Gasteiger partial charge in [0.2, 0.25) is 5.95 Å². The van der Waals surface area contributed by atoms with Gasteiger partial charge in [-0.2, -0.15) is 4.98 Å². The summed E-state index contributed by atoms with van der Waals surface area (Å²) in [5.74, 6) is 0.268. The zero-order chi connectivity index (χ0) is 22.1. The van der Waals surface area contributed by atoms with E-state index in [4.69, 9.17) is 0 Å². The van der Waals surface area contributed by atoms with Crippen molar-refractivity contribution in [2.24, 2.45) is 0 Å². The number of allylic oxidation sites excluding steroid dienone is 1. The summed E-state index contributed by atoms with van der Waals surface area (Å²) < 4.78 is 15.3. The Kier molecular flexibility index (Phi) is 4.91. The third-order valence-corrected chi connectivity index (χ3v) is 5.12. The molecule has 1 aromatic carbocycles. The van der Waals surface area contributed by atoms with Gasteiger partial charge in [-0.25, -0.2) is 9.07 Å². The molecule has 4 heterocycles. The maximum atomic E-state index is 13.6. The molecule has 0 spiro atoms. The van der Waals surface area contributed by atoms with Gasteiger partial charge in [0.05, 0.1) is 17.5 Å². The number of benzene rings is 1. The van der Waals surface area contributed by atoms with Crippen LogP contribution in [0.1, 0.15) is 18.5 Å². The van der Waals surface area contributed by atoms with Crippen LogP contribution in [0.25, 0.3) is 11.4 Å². The standard InChI is InChI=1S/C23H18FN7O/c1-14-19(22(32)28-18-5-3-11-26-13-18)20(15-6-8-17(24)9-7-15)31-23(27-14)29-21(30-31)16-4-2-10-25-12-16/h2-13,20H,1H3,(H,28,32)(H,27,29,30). The van der Waals surface area contributed by atoms with E-state index in [1.165, 1.54) is 12.1 Å². The summed E-state index contributed by atoms with van der Waals surface area (Å²) in [6, 6.07) is 12.6. The predicted octanol–water partition coefficient (Wildman–Crippen LogP) is 3.80. The summed E-state index contributed by atoms with van der Waals surface area (Å²) in [4.78, 5) is 26.1. The van der Waals surface area contributed by atoms with Crippen molar-refractivity contribution in [3.8, 4) is 11.4 Å². The number of amides is 1. The molecule has 0 saturated heterocycles. The SMILES string of the molecule is CC1=C(C(=O)Nc2cccnc2)C(c2ccc(F)cc2)n2nc(-c3cccnc3)nc2N1. The Morgan fingerprint density at radius 3 is 2.50 bits per heavy atom. The summed E-state index contributed by atoms with van der Waals surface area (Å²) in [5, 5.41) is 10.7. The van der Waals surface area contributed by atoms with Gasteiger partial charge in [0.1, 0.15) is 11.9 Å². The van der Waals surface area contributed by atoms with E-state index in [0.717, 1.165) is 5.56 Å². The van der Waals surface area contributed by atoms with E-state index in [-0.39, 0.29) is 11.7 Å². The number of carbonyl (C=O) groups is 1. The van der Waals surface area contributed by atoms with Gasteiger partial charge in [-0.05, 0) is 48.9 Å². The van der Waals surface area contributed by atoms with Crippen LogP contribution in [-0.2, 0) is 4.79 Å². The van der Waals surface area contributed by atoms with Gasteiger partial charge in [-0.1, -0.05) is 12.1 Å². The van der Waals surface area contributed by atoms with Gasteiger partial charge in [0.25, 0.3) is 5.91 Å². The second kappa shape index (κ2) is 8.03. The molecular formula is C23H18FN7O. The number of carbonyl (C=O) groups excluding carboxylic acids is 1. The molecule has 0 fully saturated rings. The fraction of sp³-hybridized carbons (Fsp3) is 0.0870. The number of halogens is 1. The topological polar surface area (TPSA) is 97.6 Å². The number of nitrogens with one attached hydrogen (secondary N) is 2. The minimum absolute atomic E-state index is 0.318. The van der Waals surface area contributed by atoms with Crippen molar-refractivity contribution in [3.05, 3.63) is 96.0 Å². The van der Waals surface area contributed by atoms with Gasteiger partial charge in [0, 0.05) is 29.9 Å². The van der Waals surface area contributed by atoms with Crippen molar-refractivity contribution < 1.29 is 9.18 Å². The van der Waals surface area contributed by atoms with Crippen molar-refractivity contribution in [2.75, 3.05) is 10.6 Å². The Morgan fingerprint density at radius 1 is 1.06 bits per heavy atom. The molecule has 1 unspecified atom stereocenters. The highest BCUT2D eigenvalue weighted by Gasteiger charge is 2.34. The molecule has 4 aromatic rings. The lowest BCUT2D eigenvalue weighted by Crippen LogP contribution is -2.31. The molecular weight excluding hydrogens is 409 g/mol. The molecule has 1 amide bonds. The van der Waals surface area contributed by atoms with E-state index >= 15 is 0 Å². The first-order chi connectivity index (χ1) is 15.6. The quantitative estimate of drug-likeness (QED) is 0.514. The number of pyridine rings is 2. The second-order valence-corrected chi connectivity index (χ2v) is 7.26. The number of fused-ring (bicyclic) bond motifs is 1. The summed E-state index contributed by atoms with van der Waals surface area (Å²) in [6.45, 7) is 1.80. The van der Waals surface area contributed by atoms with Crippen LogP contribution in [0.15, 0.2) is 84.6 Å². The van der Waals surface area contributed by atoms with Crippen LogP contribution in [0.2, 0.25) is 0 Å². The molecule has 5 rings (SSSR count). The largest absolute Gasteiger partial charge is 0.328 e. The number of nitrogens with zero attached hydrogens (tertiary/aromatic N) is 5. The molecule has 0 aliphatic carbocycles. The molecule has 0 radical (unpaired) electrons. The number of hydrogen-bond donors (Lipinski definition) is 2. The number of hydrogen-bond acceptors (Lipinski definition) is 6. The molecule has 9 heteroatoms. The maximum Gasteiger partial charge on any atom is 0.255 e. The smallest absolute Gasteiger partial charge is 0.255 e. The lowest BCUT2D eigenvalue weighted by Gasteiger charge is -2.28. The van der Waals surface area contributed by atoms with E-state index in [2.05, 4.69) is 30.7 Å². The van der Waals surface area contributed by atoms with Crippen LogP contribution in [0.4, 0.5) is 16.0 Å². The lowest BCUT2D eigenvalue weighted by atomic mass is 9.95. The third-order valence-electron chi connectivity index (χ3n) is 5.12. The van der Waals surface area contributed by atoms with E-state index in [9.17, 15) is 9.18 Å². The summed E-state index contributed by atoms with van der Waals surface area (Å²) in [5.41, 5.74) is 3.07. The Labute approximate surface area is 182 Å². The summed E-state index contributed by atoms with van der Waals surface area (Å²) in [6.07, 6.45) is 6.54. The van der Waals surface area contributed by atoms with E-state index in [0.29, 0.717) is 34.3 Å². The minimum Gasteiger partial charge on any atom is -0.328 e. The molecule has 1 aliphatic heterocycles. The van der Waals surface area contributed by atoms with Crippen molar-refractivity contribution in [2.45, 2.75) is 13.0 Å². The highest BCUT2D eigenvalue weighted by molar-refractivity contribution is 6.05. The Balaban J connectivity index is 1.60. The van der Waals surface area contributed by atoms with Gasteiger partial charge in [-0.3, -0.25) is 14.8 Å². The average Bonchev–Trinajstić information content (AvgIpc) is 3.23. The van der Waals surface area contributed by atoms with E-state index in [1.807, 2.05) is 6.07 Å². The zero-order valence-corrected chi connectivity index (χ0v) is 17.0. The first-order valence-corrected chi connectivity index (χ1v) is 9.92. The van der Waals surface area contributed by atoms with Gasteiger partial charge in [-0.15, -0.1) is 5.10 Å². The zero-order valence-electron chi connectivity index (χ0n) is 17.0. The lowest BCUT2D eigenvalue weighted by molar-refractivity contribution is -0.113. The van der Waals surface area contributed by atoms with Crippen LogP contribution in [-0.4, -0.2) is 30.6 Å². The van der Waals surface area contributed by atoms with Crippen LogP contribution >= 0.6 is 0 Å². The Hall–Kier alpha value is -4.40. The molecule has 2 N–H and O–H groups in total. The van der Waals surface area contributed by atoms with E-state index < -0.39 is 6.04 Å². The van der Waals surface area contributed by atoms with Crippen molar-refractivity contribution >= 4 is 17.5 Å². The van der Waals surface area contributed by atoms with Crippen LogP contribution in [0.5, 0.6) is 0 Å². The molecule has 0 saturated carbocycles. The van der Waals surface area contributed by atoms with Crippen molar-refractivity contribution in [1.29, 1.82) is 0 Å². The molecule has 158 valence electrons. The Bertz CT molecular complexity index is 1300. The van der Waals surface area contributed by atoms with E-state index in [1.54, 1.807) is 66.7 Å². The second-order valence-electron chi connectivity index (χ2n) is 7.26. The normalized spacial score (nSPS) is 15.1. The van der Waals surface area contributed by atoms with Gasteiger partial charge >= 0.3 is 0 Å². The number of rotatable bonds is 4. The van der Waals surface area contributed by atoms with Crippen LogP contribution in [0.3, 0.4) is 0 Å². The maximum absolute atomic E-state index is 13.6. The first-order valence-electron chi connectivity index (χ1n) is 9.92. The molecule has 0 bridgehead atoms. The van der Waals surface area contributed by atoms with Crippen molar-refractivity contribution in [1.82, 2.24) is 24.7 Å². The monoisotopic (exact) mass is 427 g/mol. The van der Waals surface area contributed by atoms with Crippen molar-refractivity contribution in [3.63, 3.8) is 0 Å². The molecule has 3 aromatic heterocycles. The predicted molar refractivity (Wildman–Crippen MR) is 117 cm³/mol. The van der Waals surface area contributed by atoms with Crippen LogP contribution in [0, 0.1) is 5.82 Å². The minimum atomic E-state index is -0.610. The third kappa shape index (κ3) is 3.60. The number of aromatic nitrogens is 5.